The van der Waals surface area contributed by atoms with Crippen LogP contribution in [0.3, 0.4) is 0 Å². The molecule has 82 valence electrons. The highest BCUT2D eigenvalue weighted by Crippen LogP contribution is 2.24. The van der Waals surface area contributed by atoms with Gasteiger partial charge in [-0.15, -0.1) is 0 Å². The summed E-state index contributed by atoms with van der Waals surface area (Å²) in [6.45, 7) is 2.77. The molecule has 2 atom stereocenters. The molecule has 3 nitrogen and oxygen atoms in total. The van der Waals surface area contributed by atoms with E-state index in [1.165, 1.54) is 0 Å². The Morgan fingerprint density at radius 2 is 2.21 bits per heavy atom. The third-order valence-electron chi connectivity index (χ3n) is 2.57. The number of amides is 1. The van der Waals surface area contributed by atoms with Gasteiger partial charge in [0.1, 0.15) is 0 Å². The molecule has 0 aromatic heterocycles. The molecule has 1 rings (SSSR count). The van der Waals surface area contributed by atoms with Crippen molar-refractivity contribution in [3.8, 4) is 0 Å². The van der Waals surface area contributed by atoms with Gasteiger partial charge in [0.15, 0.2) is 0 Å². The molecule has 0 aliphatic carbocycles. The number of halogens is 2. The van der Waals surface area contributed by atoms with E-state index in [1.54, 1.807) is 6.92 Å². The van der Waals surface area contributed by atoms with E-state index < -0.39 is 17.9 Å². The molecule has 2 unspecified atom stereocenters. The van der Waals surface area contributed by atoms with E-state index in [0.29, 0.717) is 19.9 Å². The number of hydrogen-bond acceptors (Lipinski definition) is 2. The second kappa shape index (κ2) is 3.81. The van der Waals surface area contributed by atoms with E-state index in [-0.39, 0.29) is 12.5 Å². The normalized spacial score (nSPS) is 25.2. The zero-order chi connectivity index (χ0) is 10.9. The van der Waals surface area contributed by atoms with Crippen molar-refractivity contribution < 1.29 is 18.7 Å². The summed E-state index contributed by atoms with van der Waals surface area (Å²) in [5.74, 6) is -4.50. The molecule has 5 heteroatoms. The lowest BCUT2D eigenvalue weighted by Crippen LogP contribution is -2.40. The monoisotopic (exact) mass is 207 g/mol. The van der Waals surface area contributed by atoms with Gasteiger partial charge in [0.2, 0.25) is 0 Å². The summed E-state index contributed by atoms with van der Waals surface area (Å²) < 4.78 is 25.3. The first kappa shape index (κ1) is 11.4. The van der Waals surface area contributed by atoms with Gasteiger partial charge in [-0.1, -0.05) is 0 Å². The first-order valence-electron chi connectivity index (χ1n) is 4.67. The predicted molar refractivity (Wildman–Crippen MR) is 47.0 cm³/mol. The van der Waals surface area contributed by atoms with Crippen LogP contribution >= 0.6 is 0 Å². The van der Waals surface area contributed by atoms with Crippen molar-refractivity contribution in [3.63, 3.8) is 0 Å². The molecule has 0 saturated carbocycles. The Balaban J connectivity index is 2.54. The van der Waals surface area contributed by atoms with E-state index in [4.69, 9.17) is 0 Å². The fourth-order valence-electron chi connectivity index (χ4n) is 1.64. The van der Waals surface area contributed by atoms with Crippen molar-refractivity contribution >= 4 is 5.91 Å². The van der Waals surface area contributed by atoms with Crippen LogP contribution in [0, 0.1) is 5.92 Å². The van der Waals surface area contributed by atoms with Crippen LogP contribution in [0.25, 0.3) is 0 Å². The van der Waals surface area contributed by atoms with Gasteiger partial charge < -0.3 is 10.0 Å². The number of carbonyl (C=O) groups is 1. The number of carbonyl (C=O) groups excluding carboxylic acids is 1. The van der Waals surface area contributed by atoms with Crippen molar-refractivity contribution in [2.24, 2.45) is 5.92 Å². The maximum Gasteiger partial charge on any atom is 0.322 e. The molecule has 1 aliphatic rings. The summed E-state index contributed by atoms with van der Waals surface area (Å²) in [6.07, 6.45) is 0.0535. The fourth-order valence-corrected chi connectivity index (χ4v) is 1.64. The summed E-state index contributed by atoms with van der Waals surface area (Å²) in [4.78, 5) is 12.3. The molecule has 1 amide bonds. The SMILES string of the molecule is CC(O)C1CCN(C(=O)C(C)(F)F)C1. The number of hydrogen-bond donors (Lipinski definition) is 1. The lowest BCUT2D eigenvalue weighted by Gasteiger charge is -2.20. The van der Waals surface area contributed by atoms with E-state index in [9.17, 15) is 18.7 Å². The van der Waals surface area contributed by atoms with E-state index in [0.717, 1.165) is 4.90 Å². The Kier molecular flexibility index (Phi) is 3.09. The minimum atomic E-state index is -3.30. The summed E-state index contributed by atoms with van der Waals surface area (Å²) in [6, 6.07) is 0. The fraction of sp³-hybridized carbons (Fsp3) is 0.889. The quantitative estimate of drug-likeness (QED) is 0.730. The Morgan fingerprint density at radius 1 is 1.64 bits per heavy atom. The number of nitrogens with zero attached hydrogens (tertiary/aromatic N) is 1. The summed E-state index contributed by atoms with van der Waals surface area (Å²) in [7, 11) is 0. The molecule has 0 aromatic rings. The van der Waals surface area contributed by atoms with Crippen molar-refractivity contribution in [2.75, 3.05) is 13.1 Å². The molecule has 0 aromatic carbocycles. The van der Waals surface area contributed by atoms with E-state index >= 15 is 0 Å². The third kappa shape index (κ3) is 2.41. The number of rotatable bonds is 2. The molecule has 14 heavy (non-hydrogen) atoms. The summed E-state index contributed by atoms with van der Waals surface area (Å²) in [5.41, 5.74) is 0. The average molecular weight is 207 g/mol. The molecule has 1 fully saturated rings. The van der Waals surface area contributed by atoms with Crippen LogP contribution in [0.5, 0.6) is 0 Å². The zero-order valence-corrected chi connectivity index (χ0v) is 8.33. The number of aliphatic hydroxyl groups is 1. The van der Waals surface area contributed by atoms with Crippen LogP contribution in [0.4, 0.5) is 8.78 Å². The lowest BCUT2D eigenvalue weighted by molar-refractivity contribution is -0.153. The number of aliphatic hydroxyl groups excluding tert-OH is 1. The molecule has 0 spiro atoms. The van der Waals surface area contributed by atoms with E-state index in [1.807, 2.05) is 0 Å². The standard InChI is InChI=1S/C9H15F2NO2/c1-6(13)7-3-4-12(5-7)8(14)9(2,10)11/h6-7,13H,3-5H2,1-2H3. The van der Waals surface area contributed by atoms with Crippen molar-refractivity contribution in [1.29, 1.82) is 0 Å². The highest BCUT2D eigenvalue weighted by Gasteiger charge is 2.40. The average Bonchev–Trinajstić information content (AvgIpc) is 2.48. The summed E-state index contributed by atoms with van der Waals surface area (Å²) in [5, 5.41) is 9.23. The highest BCUT2D eigenvalue weighted by molar-refractivity contribution is 5.83. The van der Waals surface area contributed by atoms with Crippen LogP contribution in [-0.4, -0.2) is 41.0 Å². The van der Waals surface area contributed by atoms with Gasteiger partial charge in [0, 0.05) is 25.9 Å². The van der Waals surface area contributed by atoms with Gasteiger partial charge in [0.25, 0.3) is 5.91 Å². The van der Waals surface area contributed by atoms with Gasteiger partial charge in [0.05, 0.1) is 6.10 Å². The van der Waals surface area contributed by atoms with Crippen LogP contribution in [0.1, 0.15) is 20.3 Å². The minimum absolute atomic E-state index is 0.0682. The van der Waals surface area contributed by atoms with Gasteiger partial charge in [-0.2, -0.15) is 8.78 Å². The van der Waals surface area contributed by atoms with Crippen LogP contribution in [0.15, 0.2) is 0 Å². The number of likely N-dealkylation sites (tertiary alicyclic amines) is 1. The first-order chi connectivity index (χ1) is 6.32. The third-order valence-corrected chi connectivity index (χ3v) is 2.57. The first-order valence-corrected chi connectivity index (χ1v) is 4.67. The minimum Gasteiger partial charge on any atom is -0.393 e. The Bertz CT molecular complexity index is 225. The largest absolute Gasteiger partial charge is 0.393 e. The molecule has 0 radical (unpaired) electrons. The second-order valence-corrected chi connectivity index (χ2v) is 3.93. The maximum atomic E-state index is 12.6. The number of alkyl halides is 2. The van der Waals surface area contributed by atoms with Crippen molar-refractivity contribution in [1.82, 2.24) is 4.90 Å². The molecular formula is C9H15F2NO2. The Morgan fingerprint density at radius 3 is 2.57 bits per heavy atom. The van der Waals surface area contributed by atoms with Gasteiger partial charge in [-0.3, -0.25) is 4.79 Å². The van der Waals surface area contributed by atoms with Gasteiger partial charge >= 0.3 is 5.92 Å². The Hall–Kier alpha value is -0.710. The zero-order valence-electron chi connectivity index (χ0n) is 8.33. The summed E-state index contributed by atoms with van der Waals surface area (Å²) >= 11 is 0. The van der Waals surface area contributed by atoms with Crippen molar-refractivity contribution in [2.45, 2.75) is 32.3 Å². The lowest BCUT2D eigenvalue weighted by atomic mass is 10.0. The molecule has 1 N–H and O–H groups in total. The molecule has 1 aliphatic heterocycles. The van der Waals surface area contributed by atoms with Gasteiger partial charge in [-0.25, -0.2) is 0 Å². The Labute approximate surface area is 81.7 Å². The molecular weight excluding hydrogens is 192 g/mol. The van der Waals surface area contributed by atoms with Crippen molar-refractivity contribution in [3.05, 3.63) is 0 Å². The maximum absolute atomic E-state index is 12.6. The topological polar surface area (TPSA) is 40.5 Å². The van der Waals surface area contributed by atoms with Crippen LogP contribution in [0.2, 0.25) is 0 Å². The molecule has 0 bridgehead atoms. The smallest absolute Gasteiger partial charge is 0.322 e. The molecule has 1 saturated heterocycles. The van der Waals surface area contributed by atoms with E-state index in [2.05, 4.69) is 0 Å². The van der Waals surface area contributed by atoms with Crippen LogP contribution in [-0.2, 0) is 4.79 Å². The van der Waals surface area contributed by atoms with Crippen LogP contribution < -0.4 is 0 Å². The highest BCUT2D eigenvalue weighted by atomic mass is 19.3. The predicted octanol–water partition coefficient (Wildman–Crippen LogP) is 0.871. The molecule has 1 heterocycles. The second-order valence-electron chi connectivity index (χ2n) is 3.93. The van der Waals surface area contributed by atoms with Gasteiger partial charge in [-0.05, 0) is 13.3 Å².